The zero-order valence-electron chi connectivity index (χ0n) is 11.0. The lowest BCUT2D eigenvalue weighted by Gasteiger charge is -2.30. The summed E-state index contributed by atoms with van der Waals surface area (Å²) in [6.07, 6.45) is 0. The molecule has 0 aliphatic rings. The smallest absolute Gasteiger partial charge is 0.313 e. The number of rotatable bonds is 4. The molecule has 0 aromatic heterocycles. The molecule has 1 aromatic rings. The summed E-state index contributed by atoms with van der Waals surface area (Å²) >= 11 is 3.39. The van der Waals surface area contributed by atoms with E-state index in [2.05, 4.69) is 15.9 Å². The van der Waals surface area contributed by atoms with E-state index in [1.54, 1.807) is 21.0 Å². The number of hydrogen-bond donors (Lipinski definition) is 1. The molecule has 0 fully saturated rings. The summed E-state index contributed by atoms with van der Waals surface area (Å²) in [4.78, 5) is 11.8. The van der Waals surface area contributed by atoms with E-state index >= 15 is 0 Å². The van der Waals surface area contributed by atoms with Crippen LogP contribution in [0.2, 0.25) is 0 Å². The Morgan fingerprint density at radius 2 is 2.00 bits per heavy atom. The maximum absolute atomic E-state index is 11.8. The van der Waals surface area contributed by atoms with Crippen molar-refractivity contribution in [3.63, 3.8) is 0 Å². The van der Waals surface area contributed by atoms with Gasteiger partial charge in [-0.2, -0.15) is 0 Å². The van der Waals surface area contributed by atoms with Gasteiger partial charge < -0.3 is 15.2 Å². The molecule has 0 saturated heterocycles. The van der Waals surface area contributed by atoms with Crippen LogP contribution in [0.15, 0.2) is 22.7 Å². The number of nitrogens with two attached hydrogens (primary N) is 1. The molecule has 1 atom stereocenters. The van der Waals surface area contributed by atoms with Crippen molar-refractivity contribution in [3.05, 3.63) is 28.2 Å². The van der Waals surface area contributed by atoms with Crippen LogP contribution in [0.1, 0.15) is 25.5 Å². The average molecular weight is 316 g/mol. The summed E-state index contributed by atoms with van der Waals surface area (Å²) in [6, 6.07) is 5.01. The molecule has 0 amide bonds. The SMILES string of the molecule is COC(=O)C(C)(C)[C@@H](N)c1cc(Br)ccc1OC. The van der Waals surface area contributed by atoms with Gasteiger partial charge in [0.2, 0.25) is 0 Å². The first kappa shape index (κ1) is 15.0. The van der Waals surface area contributed by atoms with E-state index in [0.29, 0.717) is 5.75 Å². The molecule has 2 N–H and O–H groups in total. The molecule has 1 aromatic carbocycles. The topological polar surface area (TPSA) is 61.5 Å². The molecule has 18 heavy (non-hydrogen) atoms. The van der Waals surface area contributed by atoms with E-state index in [0.717, 1.165) is 10.0 Å². The lowest BCUT2D eigenvalue weighted by atomic mass is 9.80. The molecular formula is C13H18BrNO3. The highest BCUT2D eigenvalue weighted by Crippen LogP contribution is 2.38. The number of esters is 1. The summed E-state index contributed by atoms with van der Waals surface area (Å²) in [7, 11) is 2.93. The highest BCUT2D eigenvalue weighted by Gasteiger charge is 2.38. The van der Waals surface area contributed by atoms with Gasteiger partial charge in [-0.25, -0.2) is 0 Å². The van der Waals surface area contributed by atoms with Crippen molar-refractivity contribution in [1.82, 2.24) is 0 Å². The molecule has 0 unspecified atom stereocenters. The minimum Gasteiger partial charge on any atom is -0.496 e. The Hall–Kier alpha value is -1.07. The third-order valence-electron chi connectivity index (χ3n) is 3.02. The van der Waals surface area contributed by atoms with Crippen molar-refractivity contribution < 1.29 is 14.3 Å². The zero-order valence-corrected chi connectivity index (χ0v) is 12.6. The van der Waals surface area contributed by atoms with E-state index in [1.807, 2.05) is 18.2 Å². The number of carbonyl (C=O) groups excluding carboxylic acids is 1. The molecule has 1 rings (SSSR count). The minimum atomic E-state index is -0.831. The lowest BCUT2D eigenvalue weighted by Crippen LogP contribution is -2.37. The Morgan fingerprint density at radius 1 is 1.39 bits per heavy atom. The molecule has 0 heterocycles. The Bertz CT molecular complexity index is 446. The first-order chi connectivity index (χ1) is 8.34. The van der Waals surface area contributed by atoms with Crippen LogP contribution in [0.4, 0.5) is 0 Å². The normalized spacial score (nSPS) is 13.0. The van der Waals surface area contributed by atoms with Gasteiger partial charge in [-0.1, -0.05) is 15.9 Å². The molecule has 5 heteroatoms. The molecule has 0 bridgehead atoms. The van der Waals surface area contributed by atoms with Gasteiger partial charge in [0.25, 0.3) is 0 Å². The highest BCUT2D eigenvalue weighted by atomic mass is 79.9. The number of benzene rings is 1. The third kappa shape index (κ3) is 2.84. The van der Waals surface area contributed by atoms with Crippen molar-refractivity contribution in [2.45, 2.75) is 19.9 Å². The molecule has 0 saturated carbocycles. The summed E-state index contributed by atoms with van der Waals surface area (Å²) in [5.41, 5.74) is 6.13. The largest absolute Gasteiger partial charge is 0.496 e. The van der Waals surface area contributed by atoms with Crippen molar-refractivity contribution in [1.29, 1.82) is 0 Å². The van der Waals surface area contributed by atoms with Gasteiger partial charge in [0.05, 0.1) is 19.6 Å². The highest BCUT2D eigenvalue weighted by molar-refractivity contribution is 9.10. The van der Waals surface area contributed by atoms with Crippen LogP contribution in [-0.4, -0.2) is 20.2 Å². The van der Waals surface area contributed by atoms with Gasteiger partial charge in [-0.3, -0.25) is 4.79 Å². The number of carbonyl (C=O) groups is 1. The standard InChI is InChI=1S/C13H18BrNO3/c1-13(2,12(16)18-4)11(15)9-7-8(14)5-6-10(9)17-3/h5-7,11H,15H2,1-4H3/t11-/m0/s1. The number of hydrogen-bond acceptors (Lipinski definition) is 4. The Morgan fingerprint density at radius 3 is 2.50 bits per heavy atom. The molecule has 0 aliphatic heterocycles. The second-order valence-electron chi connectivity index (χ2n) is 4.58. The fourth-order valence-electron chi connectivity index (χ4n) is 1.73. The maximum Gasteiger partial charge on any atom is 0.313 e. The van der Waals surface area contributed by atoms with Crippen molar-refractivity contribution in [3.8, 4) is 5.75 Å². The fraction of sp³-hybridized carbons (Fsp3) is 0.462. The van der Waals surface area contributed by atoms with Crippen LogP contribution in [-0.2, 0) is 9.53 Å². The second kappa shape index (κ2) is 5.71. The predicted octanol–water partition coefficient (Wildman–Crippen LogP) is 2.66. The van der Waals surface area contributed by atoms with Crippen molar-refractivity contribution in [2.24, 2.45) is 11.1 Å². The van der Waals surface area contributed by atoms with Crippen LogP contribution < -0.4 is 10.5 Å². The van der Waals surface area contributed by atoms with Crippen LogP contribution >= 0.6 is 15.9 Å². The minimum absolute atomic E-state index is 0.350. The van der Waals surface area contributed by atoms with Crippen LogP contribution in [0.3, 0.4) is 0 Å². The summed E-state index contributed by atoms with van der Waals surface area (Å²) < 4.78 is 11.0. The Kier molecular flexibility index (Phi) is 4.76. The summed E-state index contributed by atoms with van der Waals surface area (Å²) in [5, 5.41) is 0. The van der Waals surface area contributed by atoms with E-state index < -0.39 is 11.5 Å². The Balaban J connectivity index is 3.21. The molecule has 0 spiro atoms. The van der Waals surface area contributed by atoms with Crippen molar-refractivity contribution >= 4 is 21.9 Å². The number of ether oxygens (including phenoxy) is 2. The van der Waals surface area contributed by atoms with Gasteiger partial charge in [-0.15, -0.1) is 0 Å². The van der Waals surface area contributed by atoms with Crippen LogP contribution in [0, 0.1) is 5.41 Å². The maximum atomic E-state index is 11.8. The third-order valence-corrected chi connectivity index (χ3v) is 3.51. The molecule has 100 valence electrons. The second-order valence-corrected chi connectivity index (χ2v) is 5.49. The Labute approximate surface area is 116 Å². The van der Waals surface area contributed by atoms with E-state index in [4.69, 9.17) is 15.2 Å². The van der Waals surface area contributed by atoms with Gasteiger partial charge in [0.15, 0.2) is 0 Å². The predicted molar refractivity (Wildman–Crippen MR) is 73.4 cm³/mol. The van der Waals surface area contributed by atoms with Gasteiger partial charge >= 0.3 is 5.97 Å². The average Bonchev–Trinajstić information content (AvgIpc) is 2.36. The van der Waals surface area contributed by atoms with Gasteiger partial charge in [-0.05, 0) is 32.0 Å². The summed E-state index contributed by atoms with van der Waals surface area (Å²) in [6.45, 7) is 3.51. The quantitative estimate of drug-likeness (QED) is 0.868. The molecule has 0 radical (unpaired) electrons. The number of methoxy groups -OCH3 is 2. The lowest BCUT2D eigenvalue weighted by molar-refractivity contribution is -0.152. The van der Waals surface area contributed by atoms with Gasteiger partial charge in [0, 0.05) is 16.1 Å². The van der Waals surface area contributed by atoms with E-state index in [-0.39, 0.29) is 5.97 Å². The van der Waals surface area contributed by atoms with Crippen LogP contribution in [0.5, 0.6) is 5.75 Å². The first-order valence-corrected chi connectivity index (χ1v) is 6.31. The van der Waals surface area contributed by atoms with E-state index in [1.165, 1.54) is 7.11 Å². The van der Waals surface area contributed by atoms with Crippen LogP contribution in [0.25, 0.3) is 0 Å². The fourth-order valence-corrected chi connectivity index (χ4v) is 2.11. The monoisotopic (exact) mass is 315 g/mol. The van der Waals surface area contributed by atoms with E-state index in [9.17, 15) is 4.79 Å². The van der Waals surface area contributed by atoms with Crippen molar-refractivity contribution in [2.75, 3.05) is 14.2 Å². The summed E-state index contributed by atoms with van der Waals surface area (Å²) in [5.74, 6) is 0.305. The molecular weight excluding hydrogens is 298 g/mol. The molecule has 4 nitrogen and oxygen atoms in total. The molecule has 0 aliphatic carbocycles. The van der Waals surface area contributed by atoms with Gasteiger partial charge in [0.1, 0.15) is 5.75 Å². The number of halogens is 1. The zero-order chi connectivity index (χ0) is 13.9. The first-order valence-electron chi connectivity index (χ1n) is 5.52.